The summed E-state index contributed by atoms with van der Waals surface area (Å²) in [5, 5.41) is 0. The molecule has 0 spiro atoms. The Morgan fingerprint density at radius 2 is 1.46 bits per heavy atom. The molecule has 0 bridgehead atoms. The van der Waals surface area contributed by atoms with Crippen LogP contribution in [0.3, 0.4) is 0 Å². The Hall–Kier alpha value is -2.69. The van der Waals surface area contributed by atoms with Gasteiger partial charge in [-0.05, 0) is 36.8 Å². The van der Waals surface area contributed by atoms with Crippen molar-refractivity contribution in [1.29, 1.82) is 0 Å². The number of hydrogen-bond donors (Lipinski definition) is 0. The Labute approximate surface area is 140 Å². The smallest absolute Gasteiger partial charge is 0.254 e. The highest BCUT2D eigenvalue weighted by Gasteiger charge is 2.26. The summed E-state index contributed by atoms with van der Waals surface area (Å²) in [6.07, 6.45) is 0. The van der Waals surface area contributed by atoms with Crippen LogP contribution in [0.2, 0.25) is 0 Å². The summed E-state index contributed by atoms with van der Waals surface area (Å²) in [7, 11) is 0. The van der Waals surface area contributed by atoms with Crippen LogP contribution in [0.5, 0.6) is 0 Å². The molecular weight excluding hydrogens is 307 g/mol. The molecule has 0 N–H and O–H groups in total. The zero-order chi connectivity index (χ0) is 17.1. The van der Waals surface area contributed by atoms with E-state index in [4.69, 9.17) is 0 Å². The van der Waals surface area contributed by atoms with Gasteiger partial charge in [-0.15, -0.1) is 0 Å². The van der Waals surface area contributed by atoms with Crippen molar-refractivity contribution in [3.8, 4) is 0 Å². The monoisotopic (exact) mass is 326 g/mol. The van der Waals surface area contributed by atoms with E-state index in [-0.39, 0.29) is 11.8 Å². The maximum absolute atomic E-state index is 13.4. The zero-order valence-corrected chi connectivity index (χ0v) is 13.5. The quantitative estimate of drug-likeness (QED) is 0.851. The fourth-order valence-electron chi connectivity index (χ4n) is 2.87. The Balaban J connectivity index is 1.66. The van der Waals surface area contributed by atoms with Crippen LogP contribution >= 0.6 is 0 Å². The van der Waals surface area contributed by atoms with Crippen molar-refractivity contribution in [3.63, 3.8) is 0 Å². The molecule has 1 heterocycles. The van der Waals surface area contributed by atoms with E-state index in [0.717, 1.165) is 5.56 Å². The molecule has 0 aliphatic carbocycles. The number of nitrogens with zero attached hydrogens (tertiary/aromatic N) is 2. The molecule has 5 heteroatoms. The van der Waals surface area contributed by atoms with Gasteiger partial charge in [0, 0.05) is 37.3 Å². The van der Waals surface area contributed by atoms with Gasteiger partial charge in [-0.2, -0.15) is 0 Å². The van der Waals surface area contributed by atoms with E-state index < -0.39 is 5.82 Å². The van der Waals surface area contributed by atoms with Crippen LogP contribution in [0.15, 0.2) is 48.5 Å². The van der Waals surface area contributed by atoms with Gasteiger partial charge >= 0.3 is 0 Å². The fourth-order valence-corrected chi connectivity index (χ4v) is 2.87. The largest absolute Gasteiger partial charge is 0.335 e. The summed E-state index contributed by atoms with van der Waals surface area (Å²) < 4.78 is 13.4. The van der Waals surface area contributed by atoms with Gasteiger partial charge in [-0.3, -0.25) is 9.59 Å². The van der Waals surface area contributed by atoms with Crippen molar-refractivity contribution in [2.24, 2.45) is 0 Å². The van der Waals surface area contributed by atoms with E-state index >= 15 is 0 Å². The summed E-state index contributed by atoms with van der Waals surface area (Å²) >= 11 is 0. The molecule has 1 fully saturated rings. The lowest BCUT2D eigenvalue weighted by Crippen LogP contribution is -2.50. The molecule has 1 aliphatic heterocycles. The van der Waals surface area contributed by atoms with Crippen LogP contribution < -0.4 is 0 Å². The third kappa shape index (κ3) is 3.30. The van der Waals surface area contributed by atoms with Gasteiger partial charge in [-0.1, -0.05) is 24.3 Å². The maximum atomic E-state index is 13.4. The van der Waals surface area contributed by atoms with Gasteiger partial charge < -0.3 is 9.80 Å². The number of amides is 2. The molecular formula is C19H19FN2O2. The predicted octanol–water partition coefficient (Wildman–Crippen LogP) is 2.73. The molecule has 4 nitrogen and oxygen atoms in total. The molecule has 1 saturated heterocycles. The first-order valence-corrected chi connectivity index (χ1v) is 7.96. The van der Waals surface area contributed by atoms with E-state index in [0.29, 0.717) is 37.3 Å². The Kier molecular flexibility index (Phi) is 4.60. The van der Waals surface area contributed by atoms with Gasteiger partial charge in [0.1, 0.15) is 5.82 Å². The summed E-state index contributed by atoms with van der Waals surface area (Å²) in [5.41, 5.74) is 1.79. The highest BCUT2D eigenvalue weighted by Crippen LogP contribution is 2.15. The molecule has 1 aliphatic rings. The van der Waals surface area contributed by atoms with Crippen molar-refractivity contribution >= 4 is 11.8 Å². The minimum atomic E-state index is -0.415. The molecule has 124 valence electrons. The number of aryl methyl sites for hydroxylation is 1. The van der Waals surface area contributed by atoms with E-state index in [1.807, 2.05) is 18.2 Å². The van der Waals surface area contributed by atoms with Crippen LogP contribution in [0.1, 0.15) is 26.3 Å². The number of hydrogen-bond acceptors (Lipinski definition) is 2. The summed E-state index contributed by atoms with van der Waals surface area (Å²) in [6.45, 7) is 3.66. The van der Waals surface area contributed by atoms with E-state index in [1.54, 1.807) is 34.9 Å². The number of rotatable bonds is 2. The molecule has 2 aromatic rings. The van der Waals surface area contributed by atoms with Crippen molar-refractivity contribution in [1.82, 2.24) is 9.80 Å². The number of halogens is 1. The van der Waals surface area contributed by atoms with Gasteiger partial charge in [-0.25, -0.2) is 4.39 Å². The first kappa shape index (κ1) is 16.2. The van der Waals surface area contributed by atoms with Crippen molar-refractivity contribution in [2.45, 2.75) is 6.92 Å². The molecule has 0 atom stereocenters. The molecule has 0 saturated carbocycles. The van der Waals surface area contributed by atoms with Crippen molar-refractivity contribution in [2.75, 3.05) is 26.2 Å². The second kappa shape index (κ2) is 6.83. The standard InChI is InChI=1S/C19H19FN2O2/c1-14-7-8-16(20)13-17(14)19(24)22-11-9-21(10-12-22)18(23)15-5-3-2-4-6-15/h2-8,13H,9-12H2,1H3. The fraction of sp³-hybridized carbons (Fsp3) is 0.263. The summed E-state index contributed by atoms with van der Waals surface area (Å²) in [4.78, 5) is 28.4. The number of piperazine rings is 1. The average Bonchev–Trinajstić information content (AvgIpc) is 2.63. The van der Waals surface area contributed by atoms with E-state index in [2.05, 4.69) is 0 Å². The van der Waals surface area contributed by atoms with E-state index in [1.165, 1.54) is 12.1 Å². The first-order valence-electron chi connectivity index (χ1n) is 7.96. The second-order valence-electron chi connectivity index (χ2n) is 5.91. The third-order valence-electron chi connectivity index (χ3n) is 4.30. The minimum Gasteiger partial charge on any atom is -0.335 e. The highest BCUT2D eigenvalue weighted by molar-refractivity contribution is 5.96. The van der Waals surface area contributed by atoms with Crippen LogP contribution in [0, 0.1) is 12.7 Å². The van der Waals surface area contributed by atoms with Crippen molar-refractivity contribution < 1.29 is 14.0 Å². The van der Waals surface area contributed by atoms with Gasteiger partial charge in [0.15, 0.2) is 0 Å². The third-order valence-corrected chi connectivity index (χ3v) is 4.30. The Bertz CT molecular complexity index is 753. The molecule has 2 amide bonds. The molecule has 3 rings (SSSR count). The lowest BCUT2D eigenvalue weighted by Gasteiger charge is -2.35. The van der Waals surface area contributed by atoms with Crippen LogP contribution in [0.25, 0.3) is 0 Å². The normalized spacial score (nSPS) is 14.6. The highest BCUT2D eigenvalue weighted by atomic mass is 19.1. The van der Waals surface area contributed by atoms with Gasteiger partial charge in [0.25, 0.3) is 11.8 Å². The number of benzene rings is 2. The van der Waals surface area contributed by atoms with Gasteiger partial charge in [0.2, 0.25) is 0 Å². The number of carbonyl (C=O) groups excluding carboxylic acids is 2. The van der Waals surface area contributed by atoms with Crippen LogP contribution in [-0.4, -0.2) is 47.8 Å². The van der Waals surface area contributed by atoms with Crippen molar-refractivity contribution in [3.05, 3.63) is 71.0 Å². The number of carbonyl (C=O) groups is 2. The van der Waals surface area contributed by atoms with Gasteiger partial charge in [0.05, 0.1) is 0 Å². The van der Waals surface area contributed by atoms with E-state index in [9.17, 15) is 14.0 Å². The summed E-state index contributed by atoms with van der Waals surface area (Å²) in [6, 6.07) is 13.3. The molecule has 0 aromatic heterocycles. The first-order chi connectivity index (χ1) is 11.6. The second-order valence-corrected chi connectivity index (χ2v) is 5.91. The predicted molar refractivity (Wildman–Crippen MR) is 89.4 cm³/mol. The van der Waals surface area contributed by atoms with Crippen LogP contribution in [0.4, 0.5) is 4.39 Å². The zero-order valence-electron chi connectivity index (χ0n) is 13.5. The maximum Gasteiger partial charge on any atom is 0.254 e. The Morgan fingerprint density at radius 1 is 0.875 bits per heavy atom. The SMILES string of the molecule is Cc1ccc(F)cc1C(=O)N1CCN(C(=O)c2ccccc2)CC1. The molecule has 24 heavy (non-hydrogen) atoms. The lowest BCUT2D eigenvalue weighted by atomic mass is 10.1. The molecule has 0 radical (unpaired) electrons. The summed E-state index contributed by atoms with van der Waals surface area (Å²) in [5.74, 6) is -0.620. The van der Waals surface area contributed by atoms with Crippen LogP contribution in [-0.2, 0) is 0 Å². The Morgan fingerprint density at radius 3 is 2.08 bits per heavy atom. The molecule has 0 unspecified atom stereocenters. The topological polar surface area (TPSA) is 40.6 Å². The molecule has 2 aromatic carbocycles. The average molecular weight is 326 g/mol. The minimum absolute atomic E-state index is 0.0235. The lowest BCUT2D eigenvalue weighted by molar-refractivity contribution is 0.0535.